The van der Waals surface area contributed by atoms with Gasteiger partial charge in [0.15, 0.2) is 11.5 Å². The molecule has 0 spiro atoms. The molecule has 1 amide bonds. The average Bonchev–Trinajstić information content (AvgIpc) is 2.49. The normalized spacial score (nSPS) is 12.2. The Labute approximate surface area is 129 Å². The van der Waals surface area contributed by atoms with E-state index >= 15 is 0 Å². The van der Waals surface area contributed by atoms with Gasteiger partial charge in [-0.15, -0.1) is 0 Å². The smallest absolute Gasteiger partial charge is 0.326 e. The molecular formula is C16H21NO5. The SMILES string of the molecule is COc1cccc(C=CC(=O)NC(C(=O)O)C(C)C)c1OC. The van der Waals surface area contributed by atoms with E-state index in [-0.39, 0.29) is 5.92 Å². The first-order chi connectivity index (χ1) is 10.4. The summed E-state index contributed by atoms with van der Waals surface area (Å²) in [7, 11) is 3.03. The minimum absolute atomic E-state index is 0.207. The van der Waals surface area contributed by atoms with Crippen molar-refractivity contribution in [2.45, 2.75) is 19.9 Å². The lowest BCUT2D eigenvalue weighted by atomic mass is 10.0. The first kappa shape index (κ1) is 17.6. The highest BCUT2D eigenvalue weighted by Crippen LogP contribution is 2.31. The maximum atomic E-state index is 11.9. The highest BCUT2D eigenvalue weighted by Gasteiger charge is 2.22. The molecule has 0 aromatic heterocycles. The van der Waals surface area contributed by atoms with Crippen LogP contribution >= 0.6 is 0 Å². The number of hydrogen-bond acceptors (Lipinski definition) is 4. The van der Waals surface area contributed by atoms with Gasteiger partial charge in [-0.2, -0.15) is 0 Å². The topological polar surface area (TPSA) is 84.9 Å². The number of carbonyl (C=O) groups excluding carboxylic acids is 1. The van der Waals surface area contributed by atoms with Gasteiger partial charge in [-0.3, -0.25) is 4.79 Å². The van der Waals surface area contributed by atoms with Crippen molar-refractivity contribution >= 4 is 18.0 Å². The second-order valence-electron chi connectivity index (χ2n) is 4.98. The molecular weight excluding hydrogens is 286 g/mol. The van der Waals surface area contributed by atoms with E-state index in [1.165, 1.54) is 20.3 Å². The number of benzene rings is 1. The fraction of sp³-hybridized carbons (Fsp3) is 0.375. The van der Waals surface area contributed by atoms with Gasteiger partial charge in [-0.25, -0.2) is 4.79 Å². The number of rotatable bonds is 7. The van der Waals surface area contributed by atoms with Crippen LogP contribution in [-0.4, -0.2) is 37.2 Å². The monoisotopic (exact) mass is 307 g/mol. The van der Waals surface area contributed by atoms with Crippen LogP contribution in [0.4, 0.5) is 0 Å². The summed E-state index contributed by atoms with van der Waals surface area (Å²) < 4.78 is 10.4. The first-order valence-electron chi connectivity index (χ1n) is 6.83. The van der Waals surface area contributed by atoms with Crippen molar-refractivity contribution in [1.29, 1.82) is 0 Å². The molecule has 22 heavy (non-hydrogen) atoms. The molecule has 0 bridgehead atoms. The Kier molecular flexibility index (Phi) is 6.44. The van der Waals surface area contributed by atoms with E-state index in [9.17, 15) is 9.59 Å². The third-order valence-corrected chi connectivity index (χ3v) is 3.08. The van der Waals surface area contributed by atoms with Gasteiger partial charge in [0.1, 0.15) is 6.04 Å². The molecule has 6 nitrogen and oxygen atoms in total. The molecule has 0 aliphatic carbocycles. The first-order valence-corrected chi connectivity index (χ1v) is 6.83. The van der Waals surface area contributed by atoms with Gasteiger partial charge in [-0.1, -0.05) is 26.0 Å². The van der Waals surface area contributed by atoms with E-state index in [0.717, 1.165) is 0 Å². The molecule has 1 rings (SSSR count). The van der Waals surface area contributed by atoms with Crippen LogP contribution in [-0.2, 0) is 9.59 Å². The maximum Gasteiger partial charge on any atom is 0.326 e. The summed E-state index contributed by atoms with van der Waals surface area (Å²) >= 11 is 0. The van der Waals surface area contributed by atoms with Crippen LogP contribution in [0.5, 0.6) is 11.5 Å². The van der Waals surface area contributed by atoms with E-state index in [1.807, 2.05) is 0 Å². The van der Waals surface area contributed by atoms with Gasteiger partial charge >= 0.3 is 5.97 Å². The van der Waals surface area contributed by atoms with Gasteiger partial charge in [0.25, 0.3) is 0 Å². The van der Waals surface area contributed by atoms with Crippen LogP contribution in [0, 0.1) is 5.92 Å². The van der Waals surface area contributed by atoms with E-state index in [2.05, 4.69) is 5.32 Å². The summed E-state index contributed by atoms with van der Waals surface area (Å²) in [5.74, 6) is -0.689. The molecule has 0 fully saturated rings. The Balaban J connectivity index is 2.88. The summed E-state index contributed by atoms with van der Waals surface area (Å²) in [5.41, 5.74) is 0.661. The molecule has 2 N–H and O–H groups in total. The zero-order valence-electron chi connectivity index (χ0n) is 13.1. The average molecular weight is 307 g/mol. The number of carbonyl (C=O) groups is 2. The molecule has 1 aromatic rings. The predicted octanol–water partition coefficient (Wildman–Crippen LogP) is 1.94. The molecule has 6 heteroatoms. The van der Waals surface area contributed by atoms with Gasteiger partial charge in [-0.05, 0) is 18.1 Å². The van der Waals surface area contributed by atoms with Crippen LogP contribution in [0.25, 0.3) is 6.08 Å². The zero-order chi connectivity index (χ0) is 16.7. The summed E-state index contributed by atoms with van der Waals surface area (Å²) in [6, 6.07) is 4.36. The molecule has 1 atom stereocenters. The van der Waals surface area contributed by atoms with E-state index < -0.39 is 17.9 Å². The Morgan fingerprint density at radius 2 is 1.91 bits per heavy atom. The number of amides is 1. The molecule has 1 aromatic carbocycles. The molecule has 120 valence electrons. The zero-order valence-corrected chi connectivity index (χ0v) is 13.1. The molecule has 0 aliphatic rings. The van der Waals surface area contributed by atoms with E-state index in [4.69, 9.17) is 14.6 Å². The fourth-order valence-electron chi connectivity index (χ4n) is 1.92. The summed E-state index contributed by atoms with van der Waals surface area (Å²) in [6.45, 7) is 3.46. The largest absolute Gasteiger partial charge is 0.493 e. The Morgan fingerprint density at radius 3 is 2.41 bits per heavy atom. The number of ether oxygens (including phenoxy) is 2. The minimum atomic E-state index is -1.06. The molecule has 0 saturated carbocycles. The van der Waals surface area contributed by atoms with Crippen LogP contribution in [0.3, 0.4) is 0 Å². The van der Waals surface area contributed by atoms with Crippen molar-refractivity contribution in [2.75, 3.05) is 14.2 Å². The van der Waals surface area contributed by atoms with Crippen molar-refractivity contribution in [3.05, 3.63) is 29.8 Å². The number of nitrogens with one attached hydrogen (secondary N) is 1. The van der Waals surface area contributed by atoms with Crippen LogP contribution in [0.15, 0.2) is 24.3 Å². The van der Waals surface area contributed by atoms with Crippen molar-refractivity contribution in [1.82, 2.24) is 5.32 Å². The lowest BCUT2D eigenvalue weighted by Gasteiger charge is -2.16. The Bertz CT molecular complexity index is 566. The van der Waals surface area contributed by atoms with Crippen LogP contribution < -0.4 is 14.8 Å². The molecule has 0 radical (unpaired) electrons. The maximum absolute atomic E-state index is 11.9. The summed E-state index contributed by atoms with van der Waals surface area (Å²) in [4.78, 5) is 22.9. The number of aliphatic carboxylic acids is 1. The van der Waals surface area contributed by atoms with Crippen LogP contribution in [0.1, 0.15) is 19.4 Å². The number of para-hydroxylation sites is 1. The van der Waals surface area contributed by atoms with E-state index in [0.29, 0.717) is 17.1 Å². The lowest BCUT2D eigenvalue weighted by molar-refractivity contribution is -0.142. The highest BCUT2D eigenvalue weighted by molar-refractivity contribution is 5.94. The van der Waals surface area contributed by atoms with Crippen molar-refractivity contribution in [3.8, 4) is 11.5 Å². The predicted molar refractivity (Wildman–Crippen MR) is 83.0 cm³/mol. The summed E-state index contributed by atoms with van der Waals surface area (Å²) in [6.07, 6.45) is 2.82. The third kappa shape index (κ3) is 4.51. The minimum Gasteiger partial charge on any atom is -0.493 e. The highest BCUT2D eigenvalue weighted by atomic mass is 16.5. The second-order valence-corrected chi connectivity index (χ2v) is 4.98. The number of hydrogen-bond donors (Lipinski definition) is 2. The van der Waals surface area contributed by atoms with Crippen molar-refractivity contribution < 1.29 is 24.2 Å². The second kappa shape index (κ2) is 8.07. The van der Waals surface area contributed by atoms with E-state index in [1.54, 1.807) is 38.1 Å². The quantitative estimate of drug-likeness (QED) is 0.752. The Hall–Kier alpha value is -2.50. The van der Waals surface area contributed by atoms with Gasteiger partial charge < -0.3 is 19.9 Å². The third-order valence-electron chi connectivity index (χ3n) is 3.08. The number of methoxy groups -OCH3 is 2. The lowest BCUT2D eigenvalue weighted by Crippen LogP contribution is -2.43. The van der Waals surface area contributed by atoms with Gasteiger partial charge in [0, 0.05) is 11.6 Å². The number of carboxylic acid groups (broad SMARTS) is 1. The number of carboxylic acids is 1. The van der Waals surface area contributed by atoms with Gasteiger partial charge in [0.2, 0.25) is 5.91 Å². The standard InChI is InChI=1S/C16H21NO5/c1-10(2)14(16(19)20)17-13(18)9-8-11-6-5-7-12(21-3)15(11)22-4/h5-10,14H,1-4H3,(H,17,18)(H,19,20). The fourth-order valence-corrected chi connectivity index (χ4v) is 1.92. The summed E-state index contributed by atoms with van der Waals surface area (Å²) in [5, 5.41) is 11.5. The van der Waals surface area contributed by atoms with Crippen LogP contribution in [0.2, 0.25) is 0 Å². The van der Waals surface area contributed by atoms with Gasteiger partial charge in [0.05, 0.1) is 14.2 Å². The molecule has 0 heterocycles. The van der Waals surface area contributed by atoms with Crippen molar-refractivity contribution in [3.63, 3.8) is 0 Å². The molecule has 0 saturated heterocycles. The van der Waals surface area contributed by atoms with Crippen molar-refractivity contribution in [2.24, 2.45) is 5.92 Å². The Morgan fingerprint density at radius 1 is 1.23 bits per heavy atom. The molecule has 1 unspecified atom stereocenters. The molecule has 0 aliphatic heterocycles.